The van der Waals surface area contributed by atoms with Gasteiger partial charge in [-0.15, -0.1) is 0 Å². The first kappa shape index (κ1) is 33.9. The van der Waals surface area contributed by atoms with Crippen molar-refractivity contribution in [2.45, 2.75) is 24.4 Å². The van der Waals surface area contributed by atoms with Crippen LogP contribution in [0.3, 0.4) is 0 Å². The Bertz CT molecular complexity index is 1850. The number of hydrogen-bond acceptors (Lipinski definition) is 7. The molecule has 0 atom stereocenters. The molecule has 1 amide bonds. The van der Waals surface area contributed by atoms with Gasteiger partial charge in [-0.05, 0) is 78.2 Å². The number of nitriles is 1. The fourth-order valence-corrected chi connectivity index (χ4v) is 6.14. The lowest BCUT2D eigenvalue weighted by atomic mass is 10.1. The minimum Gasteiger partial charge on any atom is -0.493 e. The van der Waals surface area contributed by atoms with Crippen LogP contribution in [0.4, 0.5) is 0 Å². The topological polar surface area (TPSA) is 122 Å². The number of furan rings is 1. The van der Waals surface area contributed by atoms with Crippen LogP contribution in [-0.4, -0.2) is 39.4 Å². The first-order chi connectivity index (χ1) is 21.5. The zero-order chi connectivity index (χ0) is 32.6. The number of halogens is 3. The van der Waals surface area contributed by atoms with Gasteiger partial charge in [0.05, 0.1) is 35.7 Å². The van der Waals surface area contributed by atoms with Gasteiger partial charge in [-0.25, -0.2) is 8.42 Å². The van der Waals surface area contributed by atoms with Crippen molar-refractivity contribution in [2.75, 3.05) is 20.8 Å². The van der Waals surface area contributed by atoms with E-state index in [2.05, 4.69) is 5.32 Å². The number of nitrogens with zero attached hydrogens (tertiary/aromatic N) is 2. The van der Waals surface area contributed by atoms with E-state index in [4.69, 9.17) is 48.7 Å². The van der Waals surface area contributed by atoms with E-state index in [9.17, 15) is 18.5 Å². The second-order valence-electron chi connectivity index (χ2n) is 9.64. The molecular formula is C32H28Cl3N3O6S. The summed E-state index contributed by atoms with van der Waals surface area (Å²) in [5.74, 6) is 1.07. The maximum atomic E-state index is 13.7. The van der Waals surface area contributed by atoms with Gasteiger partial charge < -0.3 is 19.2 Å². The molecule has 3 aromatic carbocycles. The van der Waals surface area contributed by atoms with Gasteiger partial charge in [0.25, 0.3) is 5.91 Å². The molecule has 45 heavy (non-hydrogen) atoms. The number of nitrogens with one attached hydrogen (secondary N) is 1. The number of benzene rings is 3. The molecule has 13 heteroatoms. The van der Waals surface area contributed by atoms with E-state index in [1.54, 1.807) is 50.6 Å². The summed E-state index contributed by atoms with van der Waals surface area (Å²) in [6.45, 7) is 0.0705. The van der Waals surface area contributed by atoms with Crippen LogP contribution in [0.1, 0.15) is 22.6 Å². The van der Waals surface area contributed by atoms with Crippen LogP contribution in [0, 0.1) is 11.3 Å². The average Bonchev–Trinajstić information content (AvgIpc) is 3.48. The predicted molar refractivity (Wildman–Crippen MR) is 173 cm³/mol. The molecule has 0 spiro atoms. The minimum atomic E-state index is -4.02. The molecule has 0 bridgehead atoms. The molecule has 9 nitrogen and oxygen atoms in total. The Kier molecular flexibility index (Phi) is 11.6. The van der Waals surface area contributed by atoms with Gasteiger partial charge in [0, 0.05) is 24.2 Å². The maximum Gasteiger partial charge on any atom is 0.262 e. The summed E-state index contributed by atoms with van der Waals surface area (Å²) in [5, 5.41) is 13.4. The van der Waals surface area contributed by atoms with Crippen molar-refractivity contribution in [3.8, 4) is 17.6 Å². The van der Waals surface area contributed by atoms with Crippen LogP contribution >= 0.6 is 34.8 Å². The van der Waals surface area contributed by atoms with Crippen molar-refractivity contribution < 1.29 is 27.1 Å². The van der Waals surface area contributed by atoms with E-state index >= 15 is 0 Å². The molecule has 0 aliphatic rings. The van der Waals surface area contributed by atoms with Crippen LogP contribution in [-0.2, 0) is 34.3 Å². The highest BCUT2D eigenvalue weighted by Crippen LogP contribution is 2.29. The number of sulfonamides is 1. The molecule has 234 valence electrons. The zero-order valence-corrected chi connectivity index (χ0v) is 27.3. The van der Waals surface area contributed by atoms with Crippen molar-refractivity contribution >= 4 is 56.8 Å². The van der Waals surface area contributed by atoms with Crippen LogP contribution in [0.2, 0.25) is 15.1 Å². The number of hydrogen-bond donors (Lipinski definition) is 1. The highest BCUT2D eigenvalue weighted by Gasteiger charge is 2.26. The third-order valence-electron chi connectivity index (χ3n) is 6.61. The predicted octanol–water partition coefficient (Wildman–Crippen LogP) is 6.91. The number of rotatable bonds is 13. The van der Waals surface area contributed by atoms with E-state index in [0.717, 1.165) is 5.56 Å². The summed E-state index contributed by atoms with van der Waals surface area (Å²) in [4.78, 5) is 12.8. The Balaban J connectivity index is 1.49. The fourth-order valence-electron chi connectivity index (χ4n) is 4.30. The van der Waals surface area contributed by atoms with Gasteiger partial charge >= 0.3 is 0 Å². The smallest absolute Gasteiger partial charge is 0.262 e. The monoisotopic (exact) mass is 687 g/mol. The summed E-state index contributed by atoms with van der Waals surface area (Å²) in [5.41, 5.74) is 1.33. The van der Waals surface area contributed by atoms with Gasteiger partial charge in [0.15, 0.2) is 11.5 Å². The summed E-state index contributed by atoms with van der Waals surface area (Å²) in [7, 11) is -0.930. The van der Waals surface area contributed by atoms with Crippen molar-refractivity contribution in [3.63, 3.8) is 0 Å². The highest BCUT2D eigenvalue weighted by atomic mass is 35.5. The number of carbonyl (C=O) groups is 1. The number of carbonyl (C=O) groups excluding carboxylic acids is 1. The normalized spacial score (nSPS) is 11.7. The third-order valence-corrected chi connectivity index (χ3v) is 9.40. The molecule has 4 aromatic rings. The maximum absolute atomic E-state index is 13.7. The SMILES string of the molecule is COc1ccc(CCNC(=O)/C(C#N)=C\c2ccc(CN(Cc3ccc(Cl)c(Cl)c3)S(=O)(=O)c3ccc(Cl)cc3)o2)cc1OC. The molecule has 1 N–H and O–H groups in total. The van der Waals surface area contributed by atoms with Gasteiger partial charge in [0.1, 0.15) is 23.2 Å². The van der Waals surface area contributed by atoms with E-state index in [0.29, 0.717) is 33.5 Å². The molecule has 0 aliphatic carbocycles. The van der Waals surface area contributed by atoms with Gasteiger partial charge in [0.2, 0.25) is 10.0 Å². The molecule has 0 saturated carbocycles. The van der Waals surface area contributed by atoms with Crippen LogP contribution in [0.25, 0.3) is 6.08 Å². The molecule has 0 saturated heterocycles. The molecule has 1 aromatic heterocycles. The Labute approximate surface area is 276 Å². The summed E-state index contributed by atoms with van der Waals surface area (Å²) < 4.78 is 44.9. The molecule has 0 fully saturated rings. The van der Waals surface area contributed by atoms with Crippen LogP contribution < -0.4 is 14.8 Å². The first-order valence-electron chi connectivity index (χ1n) is 13.4. The molecule has 0 radical (unpaired) electrons. The molecular weight excluding hydrogens is 661 g/mol. The second-order valence-corrected chi connectivity index (χ2v) is 12.8. The molecule has 1 heterocycles. The highest BCUT2D eigenvalue weighted by molar-refractivity contribution is 7.89. The lowest BCUT2D eigenvalue weighted by Crippen LogP contribution is -2.30. The Morgan fingerprint density at radius 3 is 2.29 bits per heavy atom. The van der Waals surface area contributed by atoms with Gasteiger partial charge in [-0.2, -0.15) is 9.57 Å². The van der Waals surface area contributed by atoms with Crippen molar-refractivity contribution in [3.05, 3.63) is 116 Å². The largest absolute Gasteiger partial charge is 0.493 e. The minimum absolute atomic E-state index is 0.0372. The number of methoxy groups -OCH3 is 2. The van der Waals surface area contributed by atoms with E-state index in [1.165, 1.54) is 34.6 Å². The molecule has 4 rings (SSSR count). The zero-order valence-electron chi connectivity index (χ0n) is 24.2. The van der Waals surface area contributed by atoms with Gasteiger partial charge in [-0.1, -0.05) is 46.9 Å². The van der Waals surface area contributed by atoms with Crippen LogP contribution in [0.15, 0.2) is 87.7 Å². The van der Waals surface area contributed by atoms with E-state index in [1.807, 2.05) is 18.2 Å². The summed E-state index contributed by atoms with van der Waals surface area (Å²) in [6, 6.07) is 21.1. The quantitative estimate of drug-likeness (QED) is 0.120. The first-order valence-corrected chi connectivity index (χ1v) is 16.0. The van der Waals surface area contributed by atoms with Crippen LogP contribution in [0.5, 0.6) is 11.5 Å². The van der Waals surface area contributed by atoms with Crippen molar-refractivity contribution in [1.82, 2.24) is 9.62 Å². The standard InChI is InChI=1S/C32H28Cl3N3O6S/c1-42-30-12-4-21(16-31(30)43-2)13-14-37-32(39)23(18-36)17-25-7-8-26(44-25)20-38(19-22-3-11-28(34)29(35)15-22)45(40,41)27-9-5-24(33)6-10-27/h3-12,15-17H,13-14,19-20H2,1-2H3,(H,37,39)/b23-17-. The van der Waals surface area contributed by atoms with E-state index in [-0.39, 0.29) is 46.6 Å². The number of ether oxygens (including phenoxy) is 2. The van der Waals surface area contributed by atoms with Gasteiger partial charge in [-0.3, -0.25) is 4.79 Å². The Hall–Kier alpha value is -3.98. The third kappa shape index (κ3) is 8.81. The number of amides is 1. The molecule has 0 unspecified atom stereocenters. The summed E-state index contributed by atoms with van der Waals surface area (Å²) in [6.07, 6.45) is 1.79. The fraction of sp³-hybridized carbons (Fsp3) is 0.188. The van der Waals surface area contributed by atoms with E-state index < -0.39 is 15.9 Å². The van der Waals surface area contributed by atoms with Crippen molar-refractivity contribution in [2.24, 2.45) is 0 Å². The summed E-state index contributed by atoms with van der Waals surface area (Å²) >= 11 is 18.2. The Morgan fingerprint density at radius 2 is 1.62 bits per heavy atom. The molecule has 0 aliphatic heterocycles. The lowest BCUT2D eigenvalue weighted by Gasteiger charge is -2.22. The average molecular weight is 689 g/mol. The Morgan fingerprint density at radius 1 is 0.911 bits per heavy atom. The second kappa shape index (κ2) is 15.3. The van der Waals surface area contributed by atoms with Crippen molar-refractivity contribution in [1.29, 1.82) is 5.26 Å². The lowest BCUT2D eigenvalue weighted by molar-refractivity contribution is -0.117.